The Kier molecular flexibility index (Phi) is 6.15. The van der Waals surface area contributed by atoms with Gasteiger partial charge in [-0.1, -0.05) is 6.07 Å². The summed E-state index contributed by atoms with van der Waals surface area (Å²) in [6.07, 6.45) is 0.510. The molecule has 3 heterocycles. The summed E-state index contributed by atoms with van der Waals surface area (Å²) in [6, 6.07) is 13.1. The minimum Gasteiger partial charge on any atom is -0.372 e. The molecule has 4 rings (SSSR count). The van der Waals surface area contributed by atoms with Crippen molar-refractivity contribution < 1.29 is 13.2 Å². The molecule has 9 heteroatoms. The minimum atomic E-state index is -3.07. The molecule has 7 nitrogen and oxygen atoms in total. The number of rotatable bonds is 7. The van der Waals surface area contributed by atoms with E-state index in [0.29, 0.717) is 12.1 Å². The van der Waals surface area contributed by atoms with Gasteiger partial charge in [-0.05, 0) is 62.0 Å². The molecule has 1 saturated heterocycles. The summed E-state index contributed by atoms with van der Waals surface area (Å²) in [5, 5.41) is 9.38. The summed E-state index contributed by atoms with van der Waals surface area (Å²) >= 11 is 1.54. The predicted octanol–water partition coefficient (Wildman–Crippen LogP) is 4.07. The van der Waals surface area contributed by atoms with Gasteiger partial charge >= 0.3 is 0 Å². The van der Waals surface area contributed by atoms with Crippen LogP contribution in [-0.4, -0.2) is 48.7 Å². The number of carbonyl (C=O) groups excluding carboxylic acids is 1. The molecule has 1 aromatic carbocycles. The normalized spacial score (nSPS) is 17.5. The standard InChI is InChI=1S/C22H26N4O3S2/c1-3-25(4-2)17-9-7-16(8-10-17)23-22(27)19-14-20(21-6-5-12-30-21)26(24-19)18-11-13-31(28,29)15-18/h5-10,12,14,18H,3-4,11,13,15H2,1-2H3,(H,23,27)/t18-/m0/s1. The Bertz CT molecular complexity index is 1150. The number of aromatic nitrogens is 2. The lowest BCUT2D eigenvalue weighted by Gasteiger charge is -2.21. The highest BCUT2D eigenvalue weighted by Crippen LogP contribution is 2.32. The number of thiophene rings is 1. The van der Waals surface area contributed by atoms with Crippen molar-refractivity contribution in [3.8, 4) is 10.6 Å². The summed E-state index contributed by atoms with van der Waals surface area (Å²) in [5.41, 5.74) is 2.85. The first kappa shape index (κ1) is 21.6. The van der Waals surface area contributed by atoms with Crippen LogP contribution in [0, 0.1) is 0 Å². The van der Waals surface area contributed by atoms with E-state index in [-0.39, 0.29) is 29.1 Å². The average molecular weight is 459 g/mol. The summed E-state index contributed by atoms with van der Waals surface area (Å²) in [7, 11) is -3.07. The Balaban J connectivity index is 1.58. The molecule has 0 aliphatic carbocycles. The quantitative estimate of drug-likeness (QED) is 0.577. The van der Waals surface area contributed by atoms with E-state index in [2.05, 4.69) is 29.2 Å². The second kappa shape index (κ2) is 8.84. The van der Waals surface area contributed by atoms with Crippen LogP contribution in [0.15, 0.2) is 47.8 Å². The molecule has 1 atom stereocenters. The van der Waals surface area contributed by atoms with Crippen molar-refractivity contribution in [3.63, 3.8) is 0 Å². The highest BCUT2D eigenvalue weighted by Gasteiger charge is 2.32. The Labute approximate surface area is 186 Å². The number of carbonyl (C=O) groups is 1. The molecule has 0 radical (unpaired) electrons. The second-order valence-corrected chi connectivity index (χ2v) is 10.7. The smallest absolute Gasteiger partial charge is 0.276 e. The van der Waals surface area contributed by atoms with E-state index in [1.165, 1.54) is 11.3 Å². The zero-order chi connectivity index (χ0) is 22.0. The SMILES string of the molecule is CCN(CC)c1ccc(NC(=O)c2cc(-c3cccs3)n([C@H]3CCS(=O)(=O)C3)n2)cc1. The van der Waals surface area contributed by atoms with Crippen LogP contribution >= 0.6 is 11.3 Å². The molecule has 31 heavy (non-hydrogen) atoms. The molecular formula is C22H26N4O3S2. The highest BCUT2D eigenvalue weighted by atomic mass is 32.2. The van der Waals surface area contributed by atoms with Gasteiger partial charge in [-0.2, -0.15) is 5.10 Å². The van der Waals surface area contributed by atoms with Crippen molar-refractivity contribution in [3.05, 3.63) is 53.5 Å². The van der Waals surface area contributed by atoms with E-state index in [1.54, 1.807) is 10.7 Å². The van der Waals surface area contributed by atoms with Gasteiger partial charge in [0.05, 0.1) is 28.1 Å². The zero-order valence-electron chi connectivity index (χ0n) is 17.6. The fourth-order valence-electron chi connectivity index (χ4n) is 3.90. The first-order valence-electron chi connectivity index (χ1n) is 10.4. The number of nitrogens with zero attached hydrogens (tertiary/aromatic N) is 3. The van der Waals surface area contributed by atoms with E-state index < -0.39 is 9.84 Å². The number of nitrogens with one attached hydrogen (secondary N) is 1. The van der Waals surface area contributed by atoms with Gasteiger partial charge in [0.2, 0.25) is 0 Å². The fourth-order valence-corrected chi connectivity index (χ4v) is 6.33. The summed E-state index contributed by atoms with van der Waals surface area (Å²) in [5.74, 6) is -0.101. The first-order valence-corrected chi connectivity index (χ1v) is 13.1. The molecule has 3 aromatic rings. The van der Waals surface area contributed by atoms with Crippen LogP contribution in [0.1, 0.15) is 36.8 Å². The van der Waals surface area contributed by atoms with Crippen molar-refractivity contribution in [2.45, 2.75) is 26.3 Å². The van der Waals surface area contributed by atoms with Crippen molar-refractivity contribution in [2.75, 3.05) is 34.8 Å². The largest absolute Gasteiger partial charge is 0.372 e. The van der Waals surface area contributed by atoms with E-state index in [0.717, 1.165) is 29.3 Å². The number of amides is 1. The van der Waals surface area contributed by atoms with Crippen molar-refractivity contribution in [2.24, 2.45) is 0 Å². The van der Waals surface area contributed by atoms with E-state index in [9.17, 15) is 13.2 Å². The minimum absolute atomic E-state index is 0.0565. The maximum absolute atomic E-state index is 12.9. The monoisotopic (exact) mass is 458 g/mol. The van der Waals surface area contributed by atoms with Crippen LogP contribution in [0.2, 0.25) is 0 Å². The lowest BCUT2D eigenvalue weighted by molar-refractivity contribution is 0.102. The maximum Gasteiger partial charge on any atom is 0.276 e. The highest BCUT2D eigenvalue weighted by molar-refractivity contribution is 7.91. The van der Waals surface area contributed by atoms with Crippen LogP contribution in [0.5, 0.6) is 0 Å². The van der Waals surface area contributed by atoms with Gasteiger partial charge in [-0.3, -0.25) is 9.48 Å². The lowest BCUT2D eigenvalue weighted by atomic mass is 10.2. The fraction of sp³-hybridized carbons (Fsp3) is 0.364. The summed E-state index contributed by atoms with van der Waals surface area (Å²) in [6.45, 7) is 6.05. The Morgan fingerprint density at radius 2 is 1.97 bits per heavy atom. The molecule has 0 spiro atoms. The Morgan fingerprint density at radius 3 is 2.55 bits per heavy atom. The van der Waals surface area contributed by atoms with Gasteiger partial charge in [0.15, 0.2) is 15.5 Å². The molecule has 1 aliphatic rings. The molecule has 1 aliphatic heterocycles. The van der Waals surface area contributed by atoms with Gasteiger partial charge in [0.1, 0.15) is 0 Å². The first-order chi connectivity index (χ1) is 14.9. The number of hydrogen-bond acceptors (Lipinski definition) is 6. The molecule has 1 fully saturated rings. The predicted molar refractivity (Wildman–Crippen MR) is 126 cm³/mol. The van der Waals surface area contributed by atoms with Gasteiger partial charge in [-0.15, -0.1) is 11.3 Å². The molecule has 2 aromatic heterocycles. The van der Waals surface area contributed by atoms with Gasteiger partial charge in [-0.25, -0.2) is 8.42 Å². The number of anilines is 2. The molecular weight excluding hydrogens is 432 g/mol. The number of benzene rings is 1. The van der Waals surface area contributed by atoms with Gasteiger partial charge in [0, 0.05) is 24.5 Å². The molecule has 164 valence electrons. The Morgan fingerprint density at radius 1 is 1.23 bits per heavy atom. The van der Waals surface area contributed by atoms with Crippen LogP contribution in [-0.2, 0) is 9.84 Å². The van der Waals surface area contributed by atoms with Crippen LogP contribution in [0.25, 0.3) is 10.6 Å². The van der Waals surface area contributed by atoms with Crippen LogP contribution in [0.4, 0.5) is 11.4 Å². The van der Waals surface area contributed by atoms with Gasteiger partial charge < -0.3 is 10.2 Å². The molecule has 1 N–H and O–H groups in total. The number of hydrogen-bond donors (Lipinski definition) is 1. The molecule has 0 bridgehead atoms. The zero-order valence-corrected chi connectivity index (χ0v) is 19.2. The molecule has 0 saturated carbocycles. The van der Waals surface area contributed by atoms with E-state index >= 15 is 0 Å². The van der Waals surface area contributed by atoms with E-state index in [4.69, 9.17) is 0 Å². The average Bonchev–Trinajstić information content (AvgIpc) is 3.49. The third kappa shape index (κ3) is 4.67. The summed E-state index contributed by atoms with van der Waals surface area (Å²) in [4.78, 5) is 16.1. The van der Waals surface area contributed by atoms with Gasteiger partial charge in [0.25, 0.3) is 5.91 Å². The van der Waals surface area contributed by atoms with Crippen molar-refractivity contribution >= 4 is 38.5 Å². The summed E-state index contributed by atoms with van der Waals surface area (Å²) < 4.78 is 25.7. The maximum atomic E-state index is 12.9. The molecule has 0 unspecified atom stereocenters. The lowest BCUT2D eigenvalue weighted by Crippen LogP contribution is -2.21. The topological polar surface area (TPSA) is 84.3 Å². The Hall–Kier alpha value is -2.65. The third-order valence-corrected chi connectivity index (χ3v) is 8.19. The van der Waals surface area contributed by atoms with Crippen LogP contribution < -0.4 is 10.2 Å². The molecule has 1 amide bonds. The second-order valence-electron chi connectivity index (χ2n) is 7.57. The van der Waals surface area contributed by atoms with Crippen molar-refractivity contribution in [1.82, 2.24) is 9.78 Å². The third-order valence-electron chi connectivity index (χ3n) is 5.55. The van der Waals surface area contributed by atoms with E-state index in [1.807, 2.05) is 41.8 Å². The van der Waals surface area contributed by atoms with Crippen LogP contribution in [0.3, 0.4) is 0 Å². The number of sulfone groups is 1. The van der Waals surface area contributed by atoms with Crippen molar-refractivity contribution in [1.29, 1.82) is 0 Å².